The zero-order valence-corrected chi connectivity index (χ0v) is 14.4. The Morgan fingerprint density at radius 3 is 2.58 bits per heavy atom. The highest BCUT2D eigenvalue weighted by molar-refractivity contribution is 5.92. The Morgan fingerprint density at radius 1 is 1.04 bits per heavy atom. The van der Waals surface area contributed by atoms with E-state index in [0.717, 1.165) is 16.7 Å². The van der Waals surface area contributed by atoms with Gasteiger partial charge in [0.05, 0.1) is 0 Å². The smallest absolute Gasteiger partial charge is 0.270 e. The molecule has 0 saturated heterocycles. The van der Waals surface area contributed by atoms with Crippen molar-refractivity contribution in [2.75, 3.05) is 5.32 Å². The van der Waals surface area contributed by atoms with Crippen molar-refractivity contribution in [1.29, 1.82) is 0 Å². The summed E-state index contributed by atoms with van der Waals surface area (Å²) in [7, 11) is 0. The fraction of sp³-hybridized carbons (Fsp3) is 0.150. The molecule has 0 fully saturated rings. The molecule has 3 rings (SSSR count). The molecule has 5 nitrogen and oxygen atoms in total. The molecule has 0 aliphatic rings. The summed E-state index contributed by atoms with van der Waals surface area (Å²) >= 11 is 0. The lowest BCUT2D eigenvalue weighted by atomic mass is 10.1. The second-order valence-electron chi connectivity index (χ2n) is 5.85. The molecule has 1 heterocycles. The van der Waals surface area contributed by atoms with Crippen LogP contribution in [0.5, 0.6) is 0 Å². The number of benzene rings is 2. The first kappa shape index (κ1) is 17.5. The van der Waals surface area contributed by atoms with E-state index >= 15 is 0 Å². The highest BCUT2D eigenvalue weighted by atomic mass is 19.1. The number of nitrogens with one attached hydrogen (secondary N) is 2. The fourth-order valence-corrected chi connectivity index (χ4v) is 2.43. The van der Waals surface area contributed by atoms with Crippen molar-refractivity contribution in [2.24, 2.45) is 0 Å². The maximum absolute atomic E-state index is 12.9. The predicted octanol–water partition coefficient (Wildman–Crippen LogP) is 3.47. The van der Waals surface area contributed by atoms with Gasteiger partial charge in [-0.1, -0.05) is 36.4 Å². The Kier molecular flexibility index (Phi) is 5.53. The summed E-state index contributed by atoms with van der Waals surface area (Å²) in [4.78, 5) is 20.7. The maximum Gasteiger partial charge on any atom is 0.270 e. The Labute approximate surface area is 151 Å². The standard InChI is InChI=1S/C20H19FN4O/c1-14-4-2-3-5-16(14)13-23-19(26)18-10-11-22-20(25-18)24-12-15-6-8-17(21)9-7-15/h2-11H,12-13H2,1H3,(H,23,26)(H,22,24,25). The molecule has 2 aromatic carbocycles. The number of carbonyl (C=O) groups is 1. The van der Waals surface area contributed by atoms with Crippen LogP contribution in [-0.4, -0.2) is 15.9 Å². The summed E-state index contributed by atoms with van der Waals surface area (Å²) < 4.78 is 12.9. The molecule has 3 aromatic rings. The molecule has 26 heavy (non-hydrogen) atoms. The Balaban J connectivity index is 1.60. The van der Waals surface area contributed by atoms with Crippen LogP contribution < -0.4 is 10.6 Å². The summed E-state index contributed by atoms with van der Waals surface area (Å²) in [5, 5.41) is 5.90. The van der Waals surface area contributed by atoms with Crippen molar-refractivity contribution >= 4 is 11.9 Å². The lowest BCUT2D eigenvalue weighted by molar-refractivity contribution is 0.0946. The van der Waals surface area contributed by atoms with Crippen molar-refractivity contribution < 1.29 is 9.18 Å². The number of carbonyl (C=O) groups excluding carboxylic acids is 1. The molecule has 0 spiro atoms. The van der Waals surface area contributed by atoms with Gasteiger partial charge in [-0.15, -0.1) is 0 Å². The molecule has 6 heteroatoms. The average molecular weight is 350 g/mol. The van der Waals surface area contributed by atoms with Crippen molar-refractivity contribution in [3.05, 3.63) is 89.0 Å². The van der Waals surface area contributed by atoms with Crippen LogP contribution in [-0.2, 0) is 13.1 Å². The molecular formula is C20H19FN4O. The van der Waals surface area contributed by atoms with Crippen molar-refractivity contribution in [3.63, 3.8) is 0 Å². The van der Waals surface area contributed by atoms with Gasteiger partial charge in [0.2, 0.25) is 5.95 Å². The number of aromatic nitrogens is 2. The normalized spacial score (nSPS) is 10.4. The van der Waals surface area contributed by atoms with Crippen LogP contribution in [0.1, 0.15) is 27.2 Å². The average Bonchev–Trinajstić information content (AvgIpc) is 2.67. The fourth-order valence-electron chi connectivity index (χ4n) is 2.43. The second-order valence-corrected chi connectivity index (χ2v) is 5.85. The molecule has 0 aliphatic heterocycles. The number of nitrogens with zero attached hydrogens (tertiary/aromatic N) is 2. The highest BCUT2D eigenvalue weighted by Gasteiger charge is 2.09. The van der Waals surface area contributed by atoms with Gasteiger partial charge >= 0.3 is 0 Å². The highest BCUT2D eigenvalue weighted by Crippen LogP contribution is 2.08. The van der Waals surface area contributed by atoms with E-state index in [0.29, 0.717) is 19.0 Å². The third-order valence-electron chi connectivity index (χ3n) is 3.95. The Morgan fingerprint density at radius 2 is 1.81 bits per heavy atom. The van der Waals surface area contributed by atoms with E-state index in [1.807, 2.05) is 31.2 Å². The minimum absolute atomic E-state index is 0.263. The zero-order valence-electron chi connectivity index (χ0n) is 14.4. The molecule has 0 unspecified atom stereocenters. The van der Waals surface area contributed by atoms with Crippen LogP contribution >= 0.6 is 0 Å². The number of anilines is 1. The first-order chi connectivity index (χ1) is 12.6. The van der Waals surface area contributed by atoms with Crippen LogP contribution in [0, 0.1) is 12.7 Å². The molecule has 0 saturated carbocycles. The quantitative estimate of drug-likeness (QED) is 0.714. The van der Waals surface area contributed by atoms with Gasteiger partial charge in [0.15, 0.2) is 0 Å². The van der Waals surface area contributed by atoms with Gasteiger partial charge in [-0.3, -0.25) is 4.79 Å². The van der Waals surface area contributed by atoms with Crippen LogP contribution in [0.25, 0.3) is 0 Å². The number of hydrogen-bond donors (Lipinski definition) is 2. The number of halogens is 1. The Hall–Kier alpha value is -3.28. The van der Waals surface area contributed by atoms with E-state index in [9.17, 15) is 9.18 Å². The first-order valence-corrected chi connectivity index (χ1v) is 8.26. The summed E-state index contributed by atoms with van der Waals surface area (Å²) in [6, 6.07) is 15.6. The third kappa shape index (κ3) is 4.63. The minimum atomic E-state index is -0.280. The number of aryl methyl sites for hydroxylation is 1. The summed E-state index contributed by atoms with van der Waals surface area (Å²) in [6.07, 6.45) is 1.53. The summed E-state index contributed by atoms with van der Waals surface area (Å²) in [5.74, 6) is -0.198. The first-order valence-electron chi connectivity index (χ1n) is 8.26. The molecule has 0 bridgehead atoms. The number of amides is 1. The van der Waals surface area contributed by atoms with Crippen molar-refractivity contribution in [2.45, 2.75) is 20.0 Å². The van der Waals surface area contributed by atoms with Crippen LogP contribution in [0.15, 0.2) is 60.8 Å². The molecule has 132 valence electrons. The van der Waals surface area contributed by atoms with Crippen LogP contribution in [0.3, 0.4) is 0 Å². The minimum Gasteiger partial charge on any atom is -0.350 e. The zero-order chi connectivity index (χ0) is 18.4. The SMILES string of the molecule is Cc1ccccc1CNC(=O)c1ccnc(NCc2ccc(F)cc2)n1. The van der Waals surface area contributed by atoms with E-state index in [-0.39, 0.29) is 17.4 Å². The molecule has 0 aliphatic carbocycles. The van der Waals surface area contributed by atoms with Gasteiger partial charge < -0.3 is 10.6 Å². The summed E-state index contributed by atoms with van der Waals surface area (Å²) in [5.41, 5.74) is 3.36. The lowest BCUT2D eigenvalue weighted by Crippen LogP contribution is -2.24. The van der Waals surface area contributed by atoms with Gasteiger partial charge in [-0.05, 0) is 41.8 Å². The van der Waals surface area contributed by atoms with Gasteiger partial charge in [0.25, 0.3) is 5.91 Å². The topological polar surface area (TPSA) is 66.9 Å². The molecule has 0 atom stereocenters. The van der Waals surface area contributed by atoms with Crippen molar-refractivity contribution in [3.8, 4) is 0 Å². The van der Waals surface area contributed by atoms with E-state index in [4.69, 9.17) is 0 Å². The van der Waals surface area contributed by atoms with E-state index in [1.54, 1.807) is 18.2 Å². The maximum atomic E-state index is 12.9. The predicted molar refractivity (Wildman–Crippen MR) is 98.1 cm³/mol. The van der Waals surface area contributed by atoms with Gasteiger partial charge in [-0.2, -0.15) is 0 Å². The van der Waals surface area contributed by atoms with Gasteiger partial charge in [-0.25, -0.2) is 14.4 Å². The molecule has 2 N–H and O–H groups in total. The van der Waals surface area contributed by atoms with Crippen LogP contribution in [0.4, 0.5) is 10.3 Å². The van der Waals surface area contributed by atoms with Crippen LogP contribution in [0.2, 0.25) is 0 Å². The number of rotatable bonds is 6. The number of hydrogen-bond acceptors (Lipinski definition) is 4. The van der Waals surface area contributed by atoms with Gasteiger partial charge in [0, 0.05) is 19.3 Å². The van der Waals surface area contributed by atoms with E-state index < -0.39 is 0 Å². The van der Waals surface area contributed by atoms with Gasteiger partial charge in [0.1, 0.15) is 11.5 Å². The molecule has 1 amide bonds. The largest absolute Gasteiger partial charge is 0.350 e. The Bertz CT molecular complexity index is 896. The second kappa shape index (κ2) is 8.20. The molecule has 0 radical (unpaired) electrons. The monoisotopic (exact) mass is 350 g/mol. The van der Waals surface area contributed by atoms with E-state index in [1.165, 1.54) is 18.3 Å². The molecule has 1 aromatic heterocycles. The molecular weight excluding hydrogens is 331 g/mol. The third-order valence-corrected chi connectivity index (χ3v) is 3.95. The summed E-state index contributed by atoms with van der Waals surface area (Å²) in [6.45, 7) is 2.88. The lowest BCUT2D eigenvalue weighted by Gasteiger charge is -2.09. The van der Waals surface area contributed by atoms with E-state index in [2.05, 4.69) is 20.6 Å². The van der Waals surface area contributed by atoms with Crippen molar-refractivity contribution in [1.82, 2.24) is 15.3 Å².